The van der Waals surface area contributed by atoms with E-state index in [1.54, 1.807) is 0 Å². The van der Waals surface area contributed by atoms with E-state index in [1.165, 1.54) is 0 Å². The Labute approximate surface area is 203 Å². The fourth-order valence-corrected chi connectivity index (χ4v) is 0. The Morgan fingerprint density at radius 2 is 0.385 bits per heavy atom. The van der Waals surface area contributed by atoms with Crippen molar-refractivity contribution in [3.8, 4) is 0 Å². The van der Waals surface area contributed by atoms with E-state index < -0.39 is 0 Å². The predicted octanol–water partition coefficient (Wildman–Crippen LogP) is 1.66. The monoisotopic (exact) mass is 680 g/mol. The van der Waals surface area contributed by atoms with Crippen molar-refractivity contribution in [3.63, 3.8) is 0 Å². The molecule has 0 aromatic heterocycles. The first-order chi connectivity index (χ1) is 11.5. The van der Waals surface area contributed by atoms with E-state index in [4.69, 9.17) is 37.2 Å². The van der Waals surface area contributed by atoms with Crippen molar-refractivity contribution in [1.29, 1.82) is 0 Å². The summed E-state index contributed by atoms with van der Waals surface area (Å²) in [5.41, 5.74) is 0. The SMILES string of the molecule is CC(C)[Te].CC(C)[Te].[C-]#[O+].[C-]#[O+].[C-]#[O+].[C-]#[O+].[C-]#[O+].[C-]#[O+].[C-]#[O+].[C-]#[O+].[Mn].[Mn]. The first kappa shape index (κ1) is 81.9. The summed E-state index contributed by atoms with van der Waals surface area (Å²) in [7, 11) is 0. The fourth-order valence-electron chi connectivity index (χ4n) is 0. The van der Waals surface area contributed by atoms with Crippen LogP contribution in [0, 0.1) is 53.2 Å². The van der Waals surface area contributed by atoms with Crippen LogP contribution in [0.25, 0.3) is 0 Å². The van der Waals surface area contributed by atoms with Crippen LogP contribution in [0.5, 0.6) is 0 Å². The smallest absolute Gasteiger partial charge is 0 e. The maximum atomic E-state index is 7.50. The van der Waals surface area contributed by atoms with Crippen molar-refractivity contribution in [2.45, 2.75) is 35.6 Å². The molecule has 26 heavy (non-hydrogen) atoms. The van der Waals surface area contributed by atoms with Crippen LogP contribution in [0.4, 0.5) is 0 Å². The topological polar surface area (TPSA) is 159 Å². The fraction of sp³-hybridized carbons (Fsp3) is 0.429. The van der Waals surface area contributed by atoms with Crippen LogP contribution in [-0.2, 0) is 71.4 Å². The van der Waals surface area contributed by atoms with E-state index in [1.807, 2.05) is 0 Å². The molecule has 0 atom stereocenters. The number of rotatable bonds is 0. The van der Waals surface area contributed by atoms with Crippen molar-refractivity contribution in [2.75, 3.05) is 0 Å². The first-order valence-electron chi connectivity index (χ1n) is 4.41. The van der Waals surface area contributed by atoms with Gasteiger partial charge in [-0.25, -0.2) is 0 Å². The molecule has 0 aliphatic heterocycles. The van der Waals surface area contributed by atoms with Crippen molar-refractivity contribution in [1.82, 2.24) is 0 Å². The summed E-state index contributed by atoms with van der Waals surface area (Å²) >= 11 is 4.22. The summed E-state index contributed by atoms with van der Waals surface area (Å²) in [6.07, 6.45) is 0. The minimum Gasteiger partial charge on any atom is 0 e. The second kappa shape index (κ2) is 360. The minimum absolute atomic E-state index is 0. The molecule has 0 aromatic rings. The molecule has 0 aliphatic carbocycles. The van der Waals surface area contributed by atoms with Gasteiger partial charge in [-0.15, -0.1) is 0 Å². The zero-order valence-corrected chi connectivity index (χ0v) is 21.0. The van der Waals surface area contributed by atoms with Gasteiger partial charge in [0.1, 0.15) is 0 Å². The van der Waals surface area contributed by atoms with Gasteiger partial charge in [0.2, 0.25) is 0 Å². The number of hydrogen-bond donors (Lipinski definition) is 0. The Morgan fingerprint density at radius 1 is 0.385 bits per heavy atom. The molecular formula is C14H14Mn2O8Te2. The Morgan fingerprint density at radius 3 is 0.385 bits per heavy atom. The molecule has 0 heterocycles. The first-order valence-corrected chi connectivity index (χ1v) is 7.10. The molecule has 0 spiro atoms. The van der Waals surface area contributed by atoms with Crippen LogP contribution in [0.2, 0.25) is 7.93 Å². The molecule has 144 valence electrons. The Bertz CT molecular complexity index is 210. The average molecular weight is 675 g/mol. The quantitative estimate of drug-likeness (QED) is 0.208. The molecule has 0 rings (SSSR count). The molecule has 0 aromatic carbocycles. The summed E-state index contributed by atoms with van der Waals surface area (Å²) < 4.78 is 61.7. The second-order valence-corrected chi connectivity index (χ2v) is 7.48. The second-order valence-electron chi connectivity index (χ2n) is 2.10. The molecule has 0 saturated heterocycles. The van der Waals surface area contributed by atoms with E-state index >= 15 is 0 Å². The normalized spacial score (nSPS) is 3.38. The van der Waals surface area contributed by atoms with Gasteiger partial charge in [0.05, 0.1) is 0 Å². The molecule has 0 N–H and O–H groups in total. The van der Waals surface area contributed by atoms with Gasteiger partial charge in [0.25, 0.3) is 0 Å². The Hall–Kier alpha value is 0.538. The molecule has 4 radical (unpaired) electrons. The largest absolute Gasteiger partial charge is 0 e. The van der Waals surface area contributed by atoms with E-state index in [9.17, 15) is 0 Å². The predicted molar refractivity (Wildman–Crippen MR) is 73.1 cm³/mol. The molecule has 0 aliphatic rings. The number of hydrogen-bond acceptors (Lipinski definition) is 0. The molecule has 0 unspecified atom stereocenters. The van der Waals surface area contributed by atoms with Crippen LogP contribution in [0.1, 0.15) is 27.7 Å². The van der Waals surface area contributed by atoms with Gasteiger partial charge in [-0.05, 0) is 0 Å². The van der Waals surface area contributed by atoms with Gasteiger partial charge in [-0.3, -0.25) is 0 Å². The zero-order valence-electron chi connectivity index (χ0n) is 14.0. The van der Waals surface area contributed by atoms with Crippen LogP contribution < -0.4 is 0 Å². The molecule has 0 bridgehead atoms. The van der Waals surface area contributed by atoms with Gasteiger partial charge in [-0.2, -0.15) is 0 Å². The molecule has 0 amide bonds. The molecule has 8 nitrogen and oxygen atoms in total. The maximum absolute atomic E-state index is 7.50. The van der Waals surface area contributed by atoms with Crippen LogP contribution >= 0.6 is 0 Å². The van der Waals surface area contributed by atoms with Crippen LogP contribution in [0.15, 0.2) is 0 Å². The van der Waals surface area contributed by atoms with Gasteiger partial charge in [0, 0.05) is 34.1 Å². The third-order valence-corrected chi connectivity index (χ3v) is 0. The third-order valence-electron chi connectivity index (χ3n) is 0. The Kier molecular flexibility index (Phi) is 1130. The van der Waals surface area contributed by atoms with E-state index in [0.29, 0.717) is 0 Å². The summed E-state index contributed by atoms with van der Waals surface area (Å²) in [5.74, 6) is 0. The van der Waals surface area contributed by atoms with Crippen molar-refractivity contribution in [3.05, 3.63) is 53.2 Å². The summed E-state index contributed by atoms with van der Waals surface area (Å²) in [6, 6.07) is 0. The average Bonchev–Trinajstić information content (AvgIpc) is 2.67. The minimum atomic E-state index is 0. The molecule has 12 heteroatoms. The van der Waals surface area contributed by atoms with E-state index in [2.05, 4.69) is 125 Å². The van der Waals surface area contributed by atoms with E-state index in [-0.39, 0.29) is 34.1 Å². The van der Waals surface area contributed by atoms with Crippen LogP contribution in [0.3, 0.4) is 0 Å². The third kappa shape index (κ3) is 46900. The van der Waals surface area contributed by atoms with Crippen molar-refractivity contribution < 1.29 is 71.4 Å². The van der Waals surface area contributed by atoms with E-state index in [0.717, 1.165) is 7.93 Å². The standard InChI is InChI=1S/2C3H7Te.8CO.2Mn/c2*1-3(2)4;8*1-2;;/h2*3H,1-2H3;;;;;;;;;;. The summed E-state index contributed by atoms with van der Waals surface area (Å²) in [6.45, 7) is 44.7. The Balaban J connectivity index is -0.00000000848. The van der Waals surface area contributed by atoms with Crippen molar-refractivity contribution in [2.24, 2.45) is 0 Å². The van der Waals surface area contributed by atoms with Gasteiger partial charge >= 0.3 is 171 Å². The van der Waals surface area contributed by atoms with Crippen LogP contribution in [-0.4, -0.2) is 44.6 Å². The summed E-state index contributed by atoms with van der Waals surface area (Å²) in [4.78, 5) is 0. The molecular weight excluding hydrogens is 661 g/mol. The van der Waals surface area contributed by atoms with Crippen molar-refractivity contribution >= 4 is 44.6 Å². The molecule has 0 saturated carbocycles. The zero-order chi connectivity index (χ0) is 23.2. The van der Waals surface area contributed by atoms with Gasteiger partial charge in [-0.1, -0.05) is 0 Å². The molecule has 0 fully saturated rings. The van der Waals surface area contributed by atoms with Gasteiger partial charge < -0.3 is 0 Å². The summed E-state index contributed by atoms with van der Waals surface area (Å²) in [5, 5.41) is 0. The van der Waals surface area contributed by atoms with Gasteiger partial charge in [0.15, 0.2) is 0 Å². The maximum Gasteiger partial charge on any atom is 0 e.